The first kappa shape index (κ1) is 27.0. The summed E-state index contributed by atoms with van der Waals surface area (Å²) in [7, 11) is 1.85. The molecule has 0 radical (unpaired) electrons. The maximum Gasteiger partial charge on any atom is 0.416 e. The van der Waals surface area contributed by atoms with E-state index in [1.807, 2.05) is 45.5 Å². The monoisotopic (exact) mass is 522 g/mol. The zero-order valence-electron chi connectivity index (χ0n) is 21.7. The van der Waals surface area contributed by atoms with E-state index in [1.165, 1.54) is 6.07 Å². The van der Waals surface area contributed by atoms with Gasteiger partial charge in [-0.25, -0.2) is 0 Å². The summed E-state index contributed by atoms with van der Waals surface area (Å²) in [6.45, 7) is 9.05. The number of allylic oxidation sites excluding steroid dienone is 1. The number of amides is 1. The molecular formula is C26H33F3N4O4. The molecule has 11 heteroatoms. The summed E-state index contributed by atoms with van der Waals surface area (Å²) in [6, 6.07) is 4.65. The second-order valence-electron chi connectivity index (χ2n) is 10.4. The van der Waals surface area contributed by atoms with E-state index in [9.17, 15) is 18.0 Å². The van der Waals surface area contributed by atoms with Crippen LogP contribution in [-0.4, -0.2) is 40.7 Å². The summed E-state index contributed by atoms with van der Waals surface area (Å²) < 4.78 is 55.5. The van der Waals surface area contributed by atoms with Crippen LogP contribution in [0.5, 0.6) is 5.75 Å². The van der Waals surface area contributed by atoms with Crippen molar-refractivity contribution >= 4 is 5.91 Å². The Labute approximate surface area is 213 Å². The third-order valence-corrected chi connectivity index (χ3v) is 6.37. The van der Waals surface area contributed by atoms with Gasteiger partial charge in [0, 0.05) is 36.5 Å². The van der Waals surface area contributed by atoms with Crippen molar-refractivity contribution in [1.82, 2.24) is 14.8 Å². The van der Waals surface area contributed by atoms with Crippen molar-refractivity contribution in [2.45, 2.75) is 70.9 Å². The highest BCUT2D eigenvalue weighted by Crippen LogP contribution is 2.33. The minimum absolute atomic E-state index is 0.0395. The Bertz CT molecular complexity index is 1250. The lowest BCUT2D eigenvalue weighted by molar-refractivity contribution is -0.137. The van der Waals surface area contributed by atoms with Crippen LogP contribution in [0.1, 0.15) is 62.2 Å². The first-order valence-corrected chi connectivity index (χ1v) is 12.2. The van der Waals surface area contributed by atoms with Gasteiger partial charge >= 0.3 is 6.18 Å². The third kappa shape index (κ3) is 6.27. The molecule has 1 unspecified atom stereocenters. The summed E-state index contributed by atoms with van der Waals surface area (Å²) in [5.74, 6) is -0.789. The average Bonchev–Trinajstić information content (AvgIpc) is 3.54. The lowest BCUT2D eigenvalue weighted by atomic mass is 9.92. The topological polar surface area (TPSA) is 79.0 Å². The van der Waals surface area contributed by atoms with Gasteiger partial charge in [-0.1, -0.05) is 20.8 Å². The molecular weight excluding hydrogens is 489 g/mol. The van der Waals surface area contributed by atoms with Crippen LogP contribution in [0.25, 0.3) is 0 Å². The fourth-order valence-electron chi connectivity index (χ4n) is 4.48. The zero-order valence-corrected chi connectivity index (χ0v) is 21.7. The van der Waals surface area contributed by atoms with Crippen molar-refractivity contribution in [1.29, 1.82) is 0 Å². The van der Waals surface area contributed by atoms with E-state index < -0.39 is 17.6 Å². The van der Waals surface area contributed by atoms with Crippen molar-refractivity contribution in [2.24, 2.45) is 12.0 Å². The highest BCUT2D eigenvalue weighted by Gasteiger charge is 2.32. The van der Waals surface area contributed by atoms with Gasteiger partial charge in [-0.05, 0) is 44.0 Å². The molecule has 1 saturated heterocycles. The zero-order chi connectivity index (χ0) is 27.0. The van der Waals surface area contributed by atoms with Gasteiger partial charge < -0.3 is 9.47 Å². The van der Waals surface area contributed by atoms with E-state index in [0.29, 0.717) is 18.6 Å². The summed E-state index contributed by atoms with van der Waals surface area (Å²) in [5.41, 5.74) is 3.39. The number of carbonyl (C=O) groups excluding carboxylic acids is 1. The molecule has 2 aromatic rings. The van der Waals surface area contributed by atoms with Crippen molar-refractivity contribution in [3.8, 4) is 5.75 Å². The molecule has 2 aliphatic rings. The summed E-state index contributed by atoms with van der Waals surface area (Å²) in [4.78, 5) is 23.2. The number of rotatable bonds is 6. The predicted molar refractivity (Wildman–Crippen MR) is 130 cm³/mol. The van der Waals surface area contributed by atoms with Crippen LogP contribution in [-0.2, 0) is 34.8 Å². The number of hydrogen-bond acceptors (Lipinski definition) is 5. The lowest BCUT2D eigenvalue weighted by Gasteiger charge is -2.21. The number of hydrogen-bond donors (Lipinski definition) is 1. The van der Waals surface area contributed by atoms with E-state index in [-0.39, 0.29) is 35.5 Å². The van der Waals surface area contributed by atoms with E-state index in [0.717, 1.165) is 36.4 Å². The number of benzene rings is 1. The maximum absolute atomic E-state index is 13.5. The van der Waals surface area contributed by atoms with Crippen LogP contribution in [0.15, 0.2) is 41.0 Å². The van der Waals surface area contributed by atoms with Crippen LogP contribution in [0.2, 0.25) is 0 Å². The van der Waals surface area contributed by atoms with Crippen LogP contribution < -0.4 is 15.7 Å². The molecule has 0 saturated carbocycles. The Morgan fingerprint density at radius 3 is 2.59 bits per heavy atom. The molecule has 0 bridgehead atoms. The fourth-order valence-corrected chi connectivity index (χ4v) is 4.48. The maximum atomic E-state index is 13.5. The Hall–Kier alpha value is -3.05. The summed E-state index contributed by atoms with van der Waals surface area (Å²) in [6.07, 6.45) is -1.50. The molecule has 1 aromatic heterocycles. The van der Waals surface area contributed by atoms with Crippen molar-refractivity contribution in [3.63, 3.8) is 0 Å². The molecule has 0 spiro atoms. The van der Waals surface area contributed by atoms with Crippen molar-refractivity contribution in [2.75, 3.05) is 13.2 Å². The van der Waals surface area contributed by atoms with Crippen LogP contribution in [0, 0.1) is 0 Å². The molecule has 1 fully saturated rings. The van der Waals surface area contributed by atoms with Gasteiger partial charge in [-0.15, -0.1) is 0 Å². The van der Waals surface area contributed by atoms with E-state index in [4.69, 9.17) is 14.3 Å². The largest absolute Gasteiger partial charge is 0.490 e. The highest BCUT2D eigenvalue weighted by molar-refractivity contribution is 5.97. The van der Waals surface area contributed by atoms with Gasteiger partial charge in [-0.2, -0.15) is 18.2 Å². The van der Waals surface area contributed by atoms with E-state index in [1.54, 1.807) is 10.7 Å². The Morgan fingerprint density at radius 1 is 1.24 bits per heavy atom. The summed E-state index contributed by atoms with van der Waals surface area (Å²) in [5, 5.41) is 0. The Kier molecular flexibility index (Phi) is 7.57. The predicted octanol–water partition coefficient (Wildman–Crippen LogP) is 4.25. The average molecular weight is 523 g/mol. The van der Waals surface area contributed by atoms with Gasteiger partial charge in [0.2, 0.25) is 0 Å². The van der Waals surface area contributed by atoms with E-state index in [2.05, 4.69) is 10.5 Å². The number of nitrogens with one attached hydrogen (secondary N) is 1. The first-order chi connectivity index (χ1) is 17.3. The number of aromatic nitrogens is 2. The number of carbonyl (C=O) groups is 1. The van der Waals surface area contributed by atoms with Gasteiger partial charge in [0.05, 0.1) is 23.8 Å². The van der Waals surface area contributed by atoms with Crippen LogP contribution in [0.3, 0.4) is 0 Å². The second kappa shape index (κ2) is 10.4. The van der Waals surface area contributed by atoms with Crippen molar-refractivity contribution < 1.29 is 32.3 Å². The molecule has 8 nitrogen and oxygen atoms in total. The summed E-state index contributed by atoms with van der Waals surface area (Å²) >= 11 is 0. The standard InChI is InChI=1S/C26H33F3N4O4/c1-16-11-19(37-31-16)14-33-23(13-22(32(33)5)25(2,3)4)30-24(34)20-12-17(26(27,28)29)8-9-21(20)36-15-18-7-6-10-35-18/h8-9,11-13,18-19,31H,6-7,10,14-15H2,1-5H3/t18-,19?/m0/s1. The third-order valence-electron chi connectivity index (χ3n) is 6.37. The normalized spacial score (nSPS) is 20.8. The van der Waals surface area contributed by atoms with Gasteiger partial charge in [0.15, 0.2) is 5.49 Å². The Balaban J connectivity index is 1.75. The molecule has 2 aliphatic heterocycles. The second-order valence-corrected chi connectivity index (χ2v) is 10.4. The first-order valence-electron chi connectivity index (χ1n) is 12.2. The molecule has 202 valence electrons. The number of hydroxylamine groups is 1. The van der Waals surface area contributed by atoms with E-state index >= 15 is 0 Å². The molecule has 0 aliphatic carbocycles. The molecule has 4 rings (SSSR count). The lowest BCUT2D eigenvalue weighted by Crippen LogP contribution is -2.31. The smallest absolute Gasteiger partial charge is 0.416 e. The molecule has 3 heterocycles. The number of halogens is 3. The highest BCUT2D eigenvalue weighted by atomic mass is 19.4. The van der Waals surface area contributed by atoms with Gasteiger partial charge in [0.1, 0.15) is 18.5 Å². The van der Waals surface area contributed by atoms with Crippen LogP contribution in [0.4, 0.5) is 13.2 Å². The number of ether oxygens (including phenoxy) is 2. The molecule has 1 N–H and O–H groups in total. The minimum Gasteiger partial charge on any atom is -0.490 e. The quantitative estimate of drug-likeness (QED) is 0.614. The number of alkyl halides is 3. The fraction of sp³-hybridized carbons (Fsp3) is 0.538. The SMILES string of the molecule is CC1=CC(Cn2c(=NC(=O)c3cc(C(F)(F)F)ccc3OC[C@@H]3CCCO3)cc(C(C)(C)C)n2C)ON1. The molecule has 1 aromatic carbocycles. The molecule has 37 heavy (non-hydrogen) atoms. The van der Waals surface area contributed by atoms with Gasteiger partial charge in [-0.3, -0.25) is 24.5 Å². The Morgan fingerprint density at radius 2 is 2.00 bits per heavy atom. The van der Waals surface area contributed by atoms with Crippen molar-refractivity contribution in [3.05, 3.63) is 58.3 Å². The van der Waals surface area contributed by atoms with Gasteiger partial charge in [0.25, 0.3) is 5.91 Å². The molecule has 2 atom stereocenters. The minimum atomic E-state index is -4.62. The number of nitrogens with zero attached hydrogens (tertiary/aromatic N) is 3. The molecule has 1 amide bonds. The van der Waals surface area contributed by atoms with Crippen LogP contribution >= 0.6 is 0 Å².